The molecule has 0 spiro atoms. The van der Waals surface area contributed by atoms with Gasteiger partial charge < -0.3 is 19.5 Å². The van der Waals surface area contributed by atoms with E-state index in [1.807, 2.05) is 6.07 Å². The fraction of sp³-hybridized carbons (Fsp3) is 0.174. The van der Waals surface area contributed by atoms with Crippen LogP contribution in [0.1, 0.15) is 5.56 Å². The molecule has 2 N–H and O–H groups in total. The van der Waals surface area contributed by atoms with Crippen LogP contribution >= 0.6 is 0 Å². The van der Waals surface area contributed by atoms with Crippen molar-refractivity contribution in [3.63, 3.8) is 0 Å². The molecule has 3 aromatic carbocycles. The Kier molecular flexibility index (Phi) is 7.21. The summed E-state index contributed by atoms with van der Waals surface area (Å²) >= 11 is 0. The van der Waals surface area contributed by atoms with Gasteiger partial charge in [-0.2, -0.15) is 0 Å². The van der Waals surface area contributed by atoms with Crippen LogP contribution in [0.3, 0.4) is 0 Å². The summed E-state index contributed by atoms with van der Waals surface area (Å²) in [7, 11) is 0.472. The number of carbonyl (C=O) groups is 1. The zero-order chi connectivity index (χ0) is 23.1. The maximum Gasteiger partial charge on any atom is 0.265 e. The van der Waals surface area contributed by atoms with Crippen LogP contribution in [-0.2, 0) is 21.2 Å². The Morgan fingerprint density at radius 2 is 1.50 bits per heavy atom. The highest BCUT2D eigenvalue weighted by Crippen LogP contribution is 2.29. The van der Waals surface area contributed by atoms with Crippen LogP contribution in [0.5, 0.6) is 17.2 Å². The topological polar surface area (TPSA) is 103 Å². The number of anilines is 2. The van der Waals surface area contributed by atoms with Gasteiger partial charge in [0.05, 0.1) is 27.8 Å². The predicted octanol–water partition coefficient (Wildman–Crippen LogP) is 3.69. The molecule has 0 saturated carbocycles. The molecule has 3 aromatic rings. The highest BCUT2D eigenvalue weighted by Gasteiger charge is 2.21. The summed E-state index contributed by atoms with van der Waals surface area (Å²) in [5.41, 5.74) is 1.46. The van der Waals surface area contributed by atoms with Crippen molar-refractivity contribution >= 4 is 27.3 Å². The lowest BCUT2D eigenvalue weighted by Gasteiger charge is -2.14. The zero-order valence-electron chi connectivity index (χ0n) is 17.9. The third-order valence-electron chi connectivity index (χ3n) is 4.58. The van der Waals surface area contributed by atoms with E-state index in [1.165, 1.54) is 26.4 Å². The number of nitrogens with one attached hydrogen (secondary N) is 2. The van der Waals surface area contributed by atoms with Gasteiger partial charge in [-0.3, -0.25) is 9.52 Å². The van der Waals surface area contributed by atoms with Crippen molar-refractivity contribution in [2.75, 3.05) is 31.4 Å². The van der Waals surface area contributed by atoms with E-state index in [4.69, 9.17) is 14.2 Å². The van der Waals surface area contributed by atoms with Gasteiger partial charge >= 0.3 is 0 Å². The average Bonchev–Trinajstić information content (AvgIpc) is 2.79. The second-order valence-electron chi connectivity index (χ2n) is 6.78. The number of ether oxygens (including phenoxy) is 3. The lowest BCUT2D eigenvalue weighted by atomic mass is 10.1. The van der Waals surface area contributed by atoms with Crippen LogP contribution in [-0.4, -0.2) is 35.7 Å². The predicted molar refractivity (Wildman–Crippen MR) is 122 cm³/mol. The molecule has 8 nitrogen and oxygen atoms in total. The molecule has 0 aliphatic carbocycles. The first-order valence-electron chi connectivity index (χ1n) is 9.62. The standard InChI is InChI=1S/C23H24N2O6S/c1-29-19-10-7-17(8-11-19)25-32(27,28)22-15-18(9-12-21(22)31-3)24-23(26)14-16-5-4-6-20(13-16)30-2/h4-13,15,25H,14H2,1-3H3,(H,24,26). The summed E-state index contributed by atoms with van der Waals surface area (Å²) in [5, 5.41) is 2.73. The third-order valence-corrected chi connectivity index (χ3v) is 5.98. The molecule has 0 radical (unpaired) electrons. The summed E-state index contributed by atoms with van der Waals surface area (Å²) in [6.07, 6.45) is 0.107. The van der Waals surface area contributed by atoms with Crippen molar-refractivity contribution in [3.8, 4) is 17.2 Å². The van der Waals surface area contributed by atoms with Crippen molar-refractivity contribution in [1.29, 1.82) is 0 Å². The Balaban J connectivity index is 1.79. The van der Waals surface area contributed by atoms with Crippen LogP contribution < -0.4 is 24.2 Å². The molecule has 9 heteroatoms. The molecule has 0 unspecified atom stereocenters. The average molecular weight is 457 g/mol. The quantitative estimate of drug-likeness (QED) is 0.509. The number of hydrogen-bond donors (Lipinski definition) is 2. The summed E-state index contributed by atoms with van der Waals surface area (Å²) in [6, 6.07) is 18.0. The summed E-state index contributed by atoms with van der Waals surface area (Å²) in [4.78, 5) is 12.4. The van der Waals surface area contributed by atoms with E-state index in [0.29, 0.717) is 22.9 Å². The maximum absolute atomic E-state index is 13.0. The zero-order valence-corrected chi connectivity index (χ0v) is 18.7. The van der Waals surface area contributed by atoms with E-state index in [2.05, 4.69) is 10.0 Å². The van der Waals surface area contributed by atoms with Gasteiger partial charge in [0, 0.05) is 11.4 Å². The fourth-order valence-electron chi connectivity index (χ4n) is 3.01. The first-order chi connectivity index (χ1) is 15.3. The summed E-state index contributed by atoms with van der Waals surface area (Å²) in [6.45, 7) is 0. The highest BCUT2D eigenvalue weighted by molar-refractivity contribution is 7.92. The van der Waals surface area contributed by atoms with Crippen molar-refractivity contribution in [2.45, 2.75) is 11.3 Å². The smallest absolute Gasteiger partial charge is 0.265 e. The normalized spacial score (nSPS) is 10.8. The molecular formula is C23H24N2O6S. The SMILES string of the molecule is COc1ccc(NS(=O)(=O)c2cc(NC(=O)Cc3cccc(OC)c3)ccc2OC)cc1. The van der Waals surface area contributed by atoms with Gasteiger partial charge in [-0.1, -0.05) is 12.1 Å². The van der Waals surface area contributed by atoms with Gasteiger partial charge in [-0.15, -0.1) is 0 Å². The lowest BCUT2D eigenvalue weighted by Crippen LogP contribution is -2.17. The summed E-state index contributed by atoms with van der Waals surface area (Å²) in [5.74, 6) is 1.11. The minimum atomic E-state index is -3.99. The van der Waals surface area contributed by atoms with Crippen molar-refractivity contribution in [1.82, 2.24) is 0 Å². The van der Waals surface area contributed by atoms with E-state index >= 15 is 0 Å². The number of methoxy groups -OCH3 is 3. The van der Waals surface area contributed by atoms with Gasteiger partial charge in [-0.25, -0.2) is 8.42 Å². The monoisotopic (exact) mass is 456 g/mol. The Hall–Kier alpha value is -3.72. The van der Waals surface area contributed by atoms with Crippen LogP contribution in [0.25, 0.3) is 0 Å². The minimum Gasteiger partial charge on any atom is -0.497 e. The maximum atomic E-state index is 13.0. The van der Waals surface area contributed by atoms with E-state index in [0.717, 1.165) is 5.56 Å². The van der Waals surface area contributed by atoms with E-state index in [9.17, 15) is 13.2 Å². The third kappa shape index (κ3) is 5.70. The van der Waals surface area contributed by atoms with E-state index < -0.39 is 10.0 Å². The van der Waals surface area contributed by atoms with Crippen molar-refractivity contribution in [2.24, 2.45) is 0 Å². The lowest BCUT2D eigenvalue weighted by molar-refractivity contribution is -0.115. The number of sulfonamides is 1. The van der Waals surface area contributed by atoms with Gasteiger partial charge in [0.2, 0.25) is 5.91 Å². The first kappa shape index (κ1) is 23.0. The number of rotatable bonds is 9. The Labute approximate surface area is 187 Å². The Morgan fingerprint density at radius 1 is 0.812 bits per heavy atom. The molecule has 0 heterocycles. The molecule has 0 aromatic heterocycles. The first-order valence-corrected chi connectivity index (χ1v) is 11.1. The van der Waals surface area contributed by atoms with Crippen LogP contribution in [0, 0.1) is 0 Å². The highest BCUT2D eigenvalue weighted by atomic mass is 32.2. The molecule has 0 aliphatic heterocycles. The fourth-order valence-corrected chi connectivity index (χ4v) is 4.26. The summed E-state index contributed by atoms with van der Waals surface area (Å²) < 4.78 is 44.0. The molecule has 0 fully saturated rings. The van der Waals surface area contributed by atoms with Crippen molar-refractivity contribution < 1.29 is 27.4 Å². The van der Waals surface area contributed by atoms with Gasteiger partial charge in [-0.05, 0) is 60.2 Å². The Bertz CT molecular complexity index is 1190. The van der Waals surface area contributed by atoms with Crippen LogP contribution in [0.15, 0.2) is 71.6 Å². The molecule has 3 rings (SSSR count). The molecule has 1 amide bonds. The molecular weight excluding hydrogens is 432 g/mol. The minimum absolute atomic E-state index is 0.102. The molecule has 32 heavy (non-hydrogen) atoms. The van der Waals surface area contributed by atoms with E-state index in [-0.39, 0.29) is 23.0 Å². The number of carbonyl (C=O) groups excluding carboxylic acids is 1. The van der Waals surface area contributed by atoms with Gasteiger partial charge in [0.1, 0.15) is 22.1 Å². The Morgan fingerprint density at radius 3 is 2.16 bits per heavy atom. The second-order valence-corrected chi connectivity index (χ2v) is 8.43. The van der Waals surface area contributed by atoms with E-state index in [1.54, 1.807) is 55.6 Å². The number of hydrogen-bond acceptors (Lipinski definition) is 6. The van der Waals surface area contributed by atoms with Gasteiger partial charge in [0.15, 0.2) is 0 Å². The second kappa shape index (κ2) is 10.1. The molecule has 0 aliphatic rings. The van der Waals surface area contributed by atoms with Crippen LogP contribution in [0.2, 0.25) is 0 Å². The van der Waals surface area contributed by atoms with Crippen LogP contribution in [0.4, 0.5) is 11.4 Å². The number of benzene rings is 3. The molecule has 168 valence electrons. The largest absolute Gasteiger partial charge is 0.497 e. The van der Waals surface area contributed by atoms with Gasteiger partial charge in [0.25, 0.3) is 10.0 Å². The molecule has 0 saturated heterocycles. The molecule has 0 atom stereocenters. The van der Waals surface area contributed by atoms with Crippen molar-refractivity contribution in [3.05, 3.63) is 72.3 Å². The number of amides is 1. The molecule has 0 bridgehead atoms.